The summed E-state index contributed by atoms with van der Waals surface area (Å²) in [6.45, 7) is 14.7. The fraction of sp³-hybridized carbons (Fsp3) is 0.600. The van der Waals surface area contributed by atoms with Crippen molar-refractivity contribution in [2.75, 3.05) is 20.3 Å². The summed E-state index contributed by atoms with van der Waals surface area (Å²) in [5.41, 5.74) is 1.03. The van der Waals surface area contributed by atoms with Crippen molar-refractivity contribution in [3.05, 3.63) is 30.0 Å². The molecule has 0 bridgehead atoms. The van der Waals surface area contributed by atoms with Gasteiger partial charge in [-0.05, 0) is 61.5 Å². The average Bonchev–Trinajstić information content (AvgIpc) is 3.51. The van der Waals surface area contributed by atoms with Crippen molar-refractivity contribution in [3.63, 3.8) is 0 Å². The first-order valence-electron chi connectivity index (χ1n) is 14.3. The molecule has 1 aliphatic rings. The van der Waals surface area contributed by atoms with Gasteiger partial charge in [-0.2, -0.15) is 0 Å². The molecular formula is C30H46N4O6Si. The summed E-state index contributed by atoms with van der Waals surface area (Å²) in [6, 6.07) is 5.37. The fourth-order valence-electron chi connectivity index (χ4n) is 4.63. The van der Waals surface area contributed by atoms with Crippen LogP contribution in [0.15, 0.2) is 24.3 Å². The van der Waals surface area contributed by atoms with Crippen LogP contribution in [0.4, 0.5) is 0 Å². The van der Waals surface area contributed by atoms with E-state index in [-0.39, 0.29) is 41.6 Å². The Morgan fingerprint density at radius 3 is 2.41 bits per heavy atom. The Morgan fingerprint density at radius 2 is 1.83 bits per heavy atom. The summed E-state index contributed by atoms with van der Waals surface area (Å²) >= 11 is 0. The smallest absolute Gasteiger partial charge is 0.268 e. The summed E-state index contributed by atoms with van der Waals surface area (Å²) < 4.78 is 11.6. The van der Waals surface area contributed by atoms with E-state index in [2.05, 4.69) is 54.8 Å². The molecule has 0 radical (unpaired) electrons. The fourth-order valence-corrected chi connectivity index (χ4v) is 5.57. The predicted octanol–water partition coefficient (Wildman–Crippen LogP) is 3.92. The van der Waals surface area contributed by atoms with E-state index in [4.69, 9.17) is 9.16 Å². The average molecular weight is 587 g/mol. The van der Waals surface area contributed by atoms with Crippen LogP contribution in [0.2, 0.25) is 18.1 Å². The largest absolute Gasteiger partial charge is 0.496 e. The minimum atomic E-state index is -2.22. The first-order chi connectivity index (χ1) is 19.1. The van der Waals surface area contributed by atoms with Crippen LogP contribution in [0.1, 0.15) is 64.4 Å². The van der Waals surface area contributed by atoms with Crippen molar-refractivity contribution in [3.8, 4) is 5.75 Å². The number of methoxy groups -OCH3 is 1. The lowest BCUT2D eigenvalue weighted by Crippen LogP contribution is -2.54. The number of ketones is 1. The van der Waals surface area contributed by atoms with E-state index in [0.717, 1.165) is 10.9 Å². The monoisotopic (exact) mass is 586 g/mol. The zero-order valence-electron chi connectivity index (χ0n) is 25.6. The number of aromatic amines is 1. The van der Waals surface area contributed by atoms with Gasteiger partial charge in [0.2, 0.25) is 11.8 Å². The zero-order chi connectivity index (χ0) is 30.5. The second-order valence-corrected chi connectivity index (χ2v) is 17.7. The molecule has 1 aromatic heterocycles. The van der Waals surface area contributed by atoms with Crippen LogP contribution in [-0.4, -0.2) is 69.2 Å². The van der Waals surface area contributed by atoms with Gasteiger partial charge in [0, 0.05) is 23.4 Å². The molecule has 0 unspecified atom stereocenters. The lowest BCUT2D eigenvalue weighted by Gasteiger charge is -2.36. The molecular weight excluding hydrogens is 540 g/mol. The lowest BCUT2D eigenvalue weighted by molar-refractivity contribution is -0.131. The highest BCUT2D eigenvalue weighted by atomic mass is 28.4. The first kappa shape index (κ1) is 32.3. The number of ether oxygens (including phenoxy) is 1. The van der Waals surface area contributed by atoms with Crippen molar-refractivity contribution < 1.29 is 28.3 Å². The molecule has 4 N–H and O–H groups in total. The van der Waals surface area contributed by atoms with Crippen molar-refractivity contribution in [2.24, 2.45) is 11.8 Å². The van der Waals surface area contributed by atoms with Gasteiger partial charge in [0.25, 0.3) is 5.91 Å². The van der Waals surface area contributed by atoms with E-state index >= 15 is 0 Å². The predicted molar refractivity (Wildman–Crippen MR) is 161 cm³/mol. The van der Waals surface area contributed by atoms with Crippen LogP contribution in [-0.2, 0) is 18.8 Å². The van der Waals surface area contributed by atoms with Gasteiger partial charge in [-0.1, -0.05) is 40.7 Å². The van der Waals surface area contributed by atoms with Gasteiger partial charge in [-0.3, -0.25) is 19.2 Å². The number of rotatable bonds is 13. The molecule has 1 fully saturated rings. The molecule has 2 heterocycles. The molecule has 3 atom stereocenters. The summed E-state index contributed by atoms with van der Waals surface area (Å²) in [5, 5.41) is 9.18. The number of hydrogen-bond acceptors (Lipinski definition) is 6. The highest BCUT2D eigenvalue weighted by molar-refractivity contribution is 6.74. The summed E-state index contributed by atoms with van der Waals surface area (Å²) in [5.74, 6) is -0.967. The van der Waals surface area contributed by atoms with E-state index < -0.39 is 32.2 Å². The standard InChI is InChI=1S/C30H46N4O6Si/c1-18(2)14-23(34-29(38)24-16-20-21(32-24)10-9-11-26(20)39-6)28(37)33-22(15-19-12-13-31-27(19)36)25(35)17-40-41(7,8)30(3,4)5/h9-11,16,18-19,22-23,32H,12-15,17H2,1-8H3,(H,31,36)(H,33,37)(H,34,38)/t19-,22-,23-/m0/s1. The Balaban J connectivity index is 1.79. The molecule has 3 amide bonds. The summed E-state index contributed by atoms with van der Waals surface area (Å²) in [7, 11) is -0.653. The van der Waals surface area contributed by atoms with E-state index in [1.54, 1.807) is 13.2 Å². The van der Waals surface area contributed by atoms with E-state index in [9.17, 15) is 19.2 Å². The van der Waals surface area contributed by atoms with Crippen molar-refractivity contribution in [2.45, 2.75) is 84.1 Å². The summed E-state index contributed by atoms with van der Waals surface area (Å²) in [4.78, 5) is 55.7. The summed E-state index contributed by atoms with van der Waals surface area (Å²) in [6.07, 6.45) is 1.14. The van der Waals surface area contributed by atoms with Gasteiger partial charge in [0.15, 0.2) is 14.1 Å². The van der Waals surface area contributed by atoms with Crippen LogP contribution in [0.25, 0.3) is 10.9 Å². The molecule has 10 nitrogen and oxygen atoms in total. The molecule has 0 spiro atoms. The number of amides is 3. The molecule has 41 heavy (non-hydrogen) atoms. The quantitative estimate of drug-likeness (QED) is 0.263. The normalized spacial score (nSPS) is 17.3. The Labute approximate surface area is 243 Å². The van der Waals surface area contributed by atoms with Crippen molar-refractivity contribution in [1.29, 1.82) is 0 Å². The highest BCUT2D eigenvalue weighted by Crippen LogP contribution is 2.36. The van der Waals surface area contributed by atoms with Crippen LogP contribution < -0.4 is 20.7 Å². The number of aromatic nitrogens is 1. The van der Waals surface area contributed by atoms with E-state index in [0.29, 0.717) is 30.8 Å². The molecule has 2 aromatic rings. The molecule has 3 rings (SSSR count). The number of fused-ring (bicyclic) bond motifs is 1. The third-order valence-corrected chi connectivity index (χ3v) is 12.7. The van der Waals surface area contributed by atoms with Crippen molar-refractivity contribution >= 4 is 42.7 Å². The Hall–Kier alpha value is -3.18. The SMILES string of the molecule is COc1cccc2[nH]c(C(=O)N[C@@H](CC(C)C)C(=O)N[C@@H](C[C@@H]3CCNC3=O)C(=O)CO[Si](C)(C)C(C)(C)C)cc12. The van der Waals surface area contributed by atoms with Gasteiger partial charge >= 0.3 is 0 Å². The minimum Gasteiger partial charge on any atom is -0.496 e. The number of H-pyrrole nitrogens is 1. The third kappa shape index (κ3) is 8.19. The Kier molecular flexibility index (Phi) is 10.4. The second-order valence-electron chi connectivity index (χ2n) is 12.8. The van der Waals surface area contributed by atoms with E-state index in [1.807, 2.05) is 32.0 Å². The number of benzene rings is 1. The van der Waals surface area contributed by atoms with Gasteiger partial charge < -0.3 is 30.1 Å². The number of hydrogen-bond donors (Lipinski definition) is 4. The van der Waals surface area contributed by atoms with E-state index in [1.165, 1.54) is 0 Å². The highest BCUT2D eigenvalue weighted by Gasteiger charge is 2.39. The Morgan fingerprint density at radius 1 is 1.12 bits per heavy atom. The van der Waals surface area contributed by atoms with Crippen LogP contribution in [0.5, 0.6) is 5.75 Å². The minimum absolute atomic E-state index is 0.0867. The Bertz CT molecular complexity index is 1270. The number of nitrogens with one attached hydrogen (secondary N) is 4. The maximum atomic E-state index is 13.6. The van der Waals surface area contributed by atoms with Crippen molar-refractivity contribution in [1.82, 2.24) is 20.9 Å². The third-order valence-electron chi connectivity index (χ3n) is 8.19. The first-order valence-corrected chi connectivity index (χ1v) is 17.2. The van der Waals surface area contributed by atoms with Crippen LogP contribution >= 0.6 is 0 Å². The lowest BCUT2D eigenvalue weighted by atomic mass is 9.95. The van der Waals surface area contributed by atoms with Gasteiger partial charge in [-0.25, -0.2) is 0 Å². The molecule has 0 aliphatic carbocycles. The number of carbonyl (C=O) groups excluding carboxylic acids is 4. The van der Waals surface area contributed by atoms with Gasteiger partial charge in [0.05, 0.1) is 19.8 Å². The molecule has 226 valence electrons. The molecule has 1 aliphatic heterocycles. The van der Waals surface area contributed by atoms with Gasteiger partial charge in [-0.15, -0.1) is 0 Å². The molecule has 1 aromatic carbocycles. The van der Waals surface area contributed by atoms with Crippen LogP contribution in [0.3, 0.4) is 0 Å². The zero-order valence-corrected chi connectivity index (χ0v) is 26.6. The topological polar surface area (TPSA) is 139 Å². The second kappa shape index (κ2) is 13.2. The maximum absolute atomic E-state index is 13.6. The molecule has 0 saturated carbocycles. The number of Topliss-reactive ketones (excluding diaryl/α,β-unsaturated/α-hetero) is 1. The van der Waals surface area contributed by atoms with Gasteiger partial charge in [0.1, 0.15) is 17.5 Å². The number of carbonyl (C=O) groups is 4. The molecule has 1 saturated heterocycles. The van der Waals surface area contributed by atoms with Crippen LogP contribution in [0, 0.1) is 11.8 Å². The maximum Gasteiger partial charge on any atom is 0.268 e. The molecule has 11 heteroatoms.